The minimum Gasteiger partial charge on any atom is -0.495 e. The lowest BCUT2D eigenvalue weighted by Gasteiger charge is -2.36. The molecule has 0 aliphatic carbocycles. The zero-order valence-electron chi connectivity index (χ0n) is 25.5. The predicted molar refractivity (Wildman–Crippen MR) is 166 cm³/mol. The molecule has 0 spiro atoms. The largest absolute Gasteiger partial charge is 0.495 e. The summed E-state index contributed by atoms with van der Waals surface area (Å²) in [5.41, 5.74) is 2.53. The predicted octanol–water partition coefficient (Wildman–Crippen LogP) is 8.01. The number of aromatic nitrogens is 3. The molecule has 2 aromatic heterocycles. The van der Waals surface area contributed by atoms with Gasteiger partial charge in [-0.2, -0.15) is 0 Å². The fraction of sp³-hybridized carbons (Fsp3) is 0.375. The van der Waals surface area contributed by atoms with E-state index in [2.05, 4.69) is 38.8 Å². The van der Waals surface area contributed by atoms with Gasteiger partial charge in [0.15, 0.2) is 25.8 Å². The smallest absolute Gasteiger partial charge is 0.254 e. The Morgan fingerprint density at radius 3 is 2.30 bits per heavy atom. The van der Waals surface area contributed by atoms with E-state index in [0.717, 1.165) is 29.1 Å². The Hall–Kier alpha value is -3.34. The van der Waals surface area contributed by atoms with Gasteiger partial charge in [0.25, 0.3) is 5.56 Å². The highest BCUT2D eigenvalue weighted by atomic mass is 35.5. The number of hydrogen-bond acceptors (Lipinski definition) is 4. The van der Waals surface area contributed by atoms with Gasteiger partial charge in [0.2, 0.25) is 0 Å². The third kappa shape index (κ3) is 7.25. The van der Waals surface area contributed by atoms with E-state index < -0.39 is 31.8 Å². The van der Waals surface area contributed by atoms with Crippen molar-refractivity contribution in [2.75, 3.05) is 13.7 Å². The molecular formula is C32H37ClF3N3O3Si. The second-order valence-electron chi connectivity index (χ2n) is 12.2. The number of ether oxygens (including phenoxy) is 1. The molecule has 230 valence electrons. The summed E-state index contributed by atoms with van der Waals surface area (Å²) < 4.78 is 57.8. The van der Waals surface area contributed by atoms with Crippen molar-refractivity contribution in [3.8, 4) is 11.4 Å². The number of hydrogen-bond donors (Lipinski definition) is 0. The number of pyridine rings is 1. The number of rotatable bonds is 10. The van der Waals surface area contributed by atoms with Crippen LogP contribution in [0.5, 0.6) is 5.75 Å². The average molecular weight is 632 g/mol. The highest BCUT2D eigenvalue weighted by Crippen LogP contribution is 2.37. The number of halogens is 4. The first-order valence-corrected chi connectivity index (χ1v) is 17.3. The molecule has 0 saturated heterocycles. The van der Waals surface area contributed by atoms with Gasteiger partial charge in [0.1, 0.15) is 5.75 Å². The number of imidazole rings is 1. The molecule has 4 rings (SSSR count). The molecule has 43 heavy (non-hydrogen) atoms. The number of aryl methyl sites for hydroxylation is 1. The molecule has 1 unspecified atom stereocenters. The summed E-state index contributed by atoms with van der Waals surface area (Å²) in [4.78, 5) is 18.2. The van der Waals surface area contributed by atoms with Crippen LogP contribution in [0, 0.1) is 24.4 Å². The minimum atomic E-state index is -2.17. The molecule has 2 aromatic carbocycles. The van der Waals surface area contributed by atoms with Crippen LogP contribution in [-0.2, 0) is 10.8 Å². The van der Waals surface area contributed by atoms with Crippen LogP contribution >= 0.6 is 11.6 Å². The lowest BCUT2D eigenvalue weighted by atomic mass is 10.0. The monoisotopic (exact) mass is 631 g/mol. The Balaban J connectivity index is 1.73. The topological polar surface area (TPSA) is 58.3 Å². The molecule has 4 aromatic rings. The van der Waals surface area contributed by atoms with Gasteiger partial charge in [-0.3, -0.25) is 4.79 Å². The Morgan fingerprint density at radius 2 is 1.72 bits per heavy atom. The van der Waals surface area contributed by atoms with Crippen LogP contribution in [-0.4, -0.2) is 36.2 Å². The summed E-state index contributed by atoms with van der Waals surface area (Å²) in [5.74, 6) is -3.64. The number of benzene rings is 2. The Labute approximate surface area is 256 Å². The second-order valence-corrected chi connectivity index (χ2v) is 17.5. The Kier molecular flexibility index (Phi) is 9.63. The summed E-state index contributed by atoms with van der Waals surface area (Å²) >= 11 is 6.51. The molecular weight excluding hydrogens is 595 g/mol. The van der Waals surface area contributed by atoms with Gasteiger partial charge < -0.3 is 18.3 Å². The molecule has 0 saturated carbocycles. The number of nitrogens with zero attached hydrogens (tertiary/aromatic N) is 3. The van der Waals surface area contributed by atoms with Gasteiger partial charge in [-0.25, -0.2) is 18.2 Å². The van der Waals surface area contributed by atoms with Crippen molar-refractivity contribution >= 4 is 19.9 Å². The molecule has 2 heterocycles. The van der Waals surface area contributed by atoms with E-state index in [9.17, 15) is 18.0 Å². The molecule has 0 aliphatic rings. The second kappa shape index (κ2) is 12.7. The molecule has 0 bridgehead atoms. The van der Waals surface area contributed by atoms with Crippen LogP contribution in [0.1, 0.15) is 55.6 Å². The van der Waals surface area contributed by atoms with Crippen LogP contribution in [0.25, 0.3) is 5.69 Å². The normalized spacial score (nSPS) is 12.9. The van der Waals surface area contributed by atoms with Gasteiger partial charge >= 0.3 is 0 Å². The summed E-state index contributed by atoms with van der Waals surface area (Å²) in [6.45, 7) is 12.6. The van der Waals surface area contributed by atoms with Gasteiger partial charge in [0.05, 0.1) is 35.9 Å². The lowest BCUT2D eigenvalue weighted by molar-refractivity contribution is 0.263. The molecule has 0 radical (unpaired) electrons. The quantitative estimate of drug-likeness (QED) is 0.131. The van der Waals surface area contributed by atoms with Crippen LogP contribution in [0.15, 0.2) is 59.9 Å². The lowest BCUT2D eigenvalue weighted by Crippen LogP contribution is -2.41. The van der Waals surface area contributed by atoms with E-state index >= 15 is 0 Å². The maximum Gasteiger partial charge on any atom is 0.254 e. The van der Waals surface area contributed by atoms with E-state index in [4.69, 9.17) is 20.8 Å². The highest BCUT2D eigenvalue weighted by molar-refractivity contribution is 6.74. The van der Waals surface area contributed by atoms with Crippen LogP contribution < -0.4 is 10.3 Å². The maximum absolute atomic E-state index is 14.4. The van der Waals surface area contributed by atoms with Crippen molar-refractivity contribution < 1.29 is 22.3 Å². The van der Waals surface area contributed by atoms with Gasteiger partial charge in [0, 0.05) is 31.0 Å². The van der Waals surface area contributed by atoms with E-state index in [-0.39, 0.29) is 40.6 Å². The fourth-order valence-electron chi connectivity index (χ4n) is 4.68. The van der Waals surface area contributed by atoms with Crippen LogP contribution in [0.3, 0.4) is 0 Å². The molecule has 0 amide bonds. The van der Waals surface area contributed by atoms with E-state index in [1.807, 2.05) is 35.9 Å². The van der Waals surface area contributed by atoms with Crippen LogP contribution in [0.4, 0.5) is 13.2 Å². The summed E-state index contributed by atoms with van der Waals surface area (Å²) in [6.07, 6.45) is 5.44. The number of methoxy groups -OCH3 is 1. The highest BCUT2D eigenvalue weighted by Gasteiger charge is 2.37. The molecule has 6 nitrogen and oxygen atoms in total. The van der Waals surface area contributed by atoms with Crippen LogP contribution in [0.2, 0.25) is 23.2 Å². The van der Waals surface area contributed by atoms with Gasteiger partial charge in [-0.15, -0.1) is 0 Å². The Morgan fingerprint density at radius 1 is 1.05 bits per heavy atom. The first kappa shape index (κ1) is 32.6. The summed E-state index contributed by atoms with van der Waals surface area (Å²) in [5, 5.41) is 0.203. The third-order valence-electron chi connectivity index (χ3n) is 8.10. The van der Waals surface area contributed by atoms with Gasteiger partial charge in [-0.05, 0) is 72.9 Å². The minimum absolute atomic E-state index is 0.0655. The molecule has 1 atom stereocenters. The average Bonchev–Trinajstić information content (AvgIpc) is 3.36. The molecule has 0 N–H and O–H groups in total. The fourth-order valence-corrected chi connectivity index (χ4v) is 5.97. The molecule has 0 aliphatic heterocycles. The Bertz CT molecular complexity index is 1660. The molecule has 11 heteroatoms. The van der Waals surface area contributed by atoms with E-state index in [1.165, 1.54) is 10.8 Å². The first-order valence-electron chi connectivity index (χ1n) is 14.0. The summed E-state index contributed by atoms with van der Waals surface area (Å²) in [7, 11) is -0.601. The van der Waals surface area contributed by atoms with Crippen molar-refractivity contribution in [2.45, 2.75) is 64.7 Å². The van der Waals surface area contributed by atoms with E-state index in [1.54, 1.807) is 19.5 Å². The van der Waals surface area contributed by atoms with Crippen molar-refractivity contribution in [1.29, 1.82) is 0 Å². The zero-order chi connectivity index (χ0) is 31.7. The van der Waals surface area contributed by atoms with Crippen molar-refractivity contribution in [3.63, 3.8) is 0 Å². The molecule has 0 fully saturated rings. The first-order chi connectivity index (χ1) is 20.1. The van der Waals surface area contributed by atoms with E-state index in [0.29, 0.717) is 11.3 Å². The van der Waals surface area contributed by atoms with Gasteiger partial charge in [-0.1, -0.05) is 38.4 Å². The van der Waals surface area contributed by atoms with Crippen molar-refractivity contribution in [1.82, 2.24) is 14.1 Å². The maximum atomic E-state index is 14.4. The SMILES string of the molecule is COc1cc(Cc2cc(Cl)cn(C(CCO[Si](C)(C)C(C)(C)C)c3cc(F)c(F)c(F)c3)c2=O)ccc1-n1cnc(C)c1. The third-order valence-corrected chi connectivity index (χ3v) is 12.8. The van der Waals surface area contributed by atoms with Crippen molar-refractivity contribution in [2.24, 2.45) is 0 Å². The standard InChI is InChI=1S/C32H37ClF3N3O3Si/c1-20-17-38(19-37-20)28-9-8-21(13-29(28)41-5)12-23-14-24(33)18-39(31(23)40)27(10-11-42-43(6,7)32(2,3)4)22-15-25(34)30(36)26(35)16-22/h8-9,13-19,27H,10-12H2,1-7H3. The summed E-state index contributed by atoms with van der Waals surface area (Å²) in [6, 6.07) is 8.16. The van der Waals surface area contributed by atoms with Crippen molar-refractivity contribution in [3.05, 3.63) is 110 Å². The zero-order valence-corrected chi connectivity index (χ0v) is 27.2.